The van der Waals surface area contributed by atoms with Crippen LogP contribution < -0.4 is 9.47 Å². The lowest BCUT2D eigenvalue weighted by Crippen LogP contribution is -2.28. The zero-order chi connectivity index (χ0) is 29.2. The van der Waals surface area contributed by atoms with Crippen LogP contribution in [0.2, 0.25) is 0 Å². The highest BCUT2D eigenvalue weighted by Crippen LogP contribution is 2.45. The molecule has 2 aromatic heterocycles. The number of nitrogens with zero attached hydrogens (tertiary/aromatic N) is 3. The van der Waals surface area contributed by atoms with E-state index < -0.39 is 0 Å². The SMILES string of the molecule is C[n+]1cccc2oc(/C=C3\C=CN(CCCC4(C)CCC(CCCC5CCC(C)(C)CC5)CC4)c4ccccc43)nc21. The highest BCUT2D eigenvalue weighted by Gasteiger charge is 2.31. The van der Waals surface area contributed by atoms with Gasteiger partial charge in [-0.2, -0.15) is 0 Å². The predicted octanol–water partition coefficient (Wildman–Crippen LogP) is 9.89. The van der Waals surface area contributed by atoms with Gasteiger partial charge in [0.25, 0.3) is 0 Å². The summed E-state index contributed by atoms with van der Waals surface area (Å²) >= 11 is 0. The van der Waals surface area contributed by atoms with Gasteiger partial charge in [-0.3, -0.25) is 0 Å². The molecule has 0 unspecified atom stereocenters. The molecular formula is C38H52N3O+. The number of rotatable bonds is 9. The molecule has 3 aliphatic rings. The first-order valence-electron chi connectivity index (χ1n) is 16.8. The van der Waals surface area contributed by atoms with E-state index in [-0.39, 0.29) is 0 Å². The van der Waals surface area contributed by atoms with Gasteiger partial charge in [0.1, 0.15) is 0 Å². The van der Waals surface area contributed by atoms with Crippen LogP contribution >= 0.6 is 0 Å². The maximum absolute atomic E-state index is 6.04. The third kappa shape index (κ3) is 6.84. The summed E-state index contributed by atoms with van der Waals surface area (Å²) in [5.41, 5.74) is 6.47. The molecule has 0 N–H and O–H groups in total. The molecule has 2 fully saturated rings. The second-order valence-electron chi connectivity index (χ2n) is 14.9. The molecular weight excluding hydrogens is 514 g/mol. The van der Waals surface area contributed by atoms with Gasteiger partial charge in [-0.1, -0.05) is 58.2 Å². The van der Waals surface area contributed by atoms with Crippen molar-refractivity contribution in [3.8, 4) is 0 Å². The molecule has 0 radical (unpaired) electrons. The van der Waals surface area contributed by atoms with E-state index in [0.717, 1.165) is 35.2 Å². The molecule has 224 valence electrons. The molecule has 6 rings (SSSR count). The van der Waals surface area contributed by atoms with Crippen molar-refractivity contribution in [3.63, 3.8) is 0 Å². The zero-order valence-corrected chi connectivity index (χ0v) is 26.6. The standard InChI is InChI=1S/C38H52N3O/c1-37(2)21-15-29(16-22-37)10-7-11-30-17-23-38(3,24-18-30)20-9-26-41-27-19-31(32-12-5-6-13-33(32)41)28-35-39-36-34(42-35)14-8-25-40(36)4/h5-6,8,12-14,19,25,27-30H,7,9-11,15-18,20-24,26H2,1-4H3/q+1. The van der Waals surface area contributed by atoms with E-state index in [9.17, 15) is 0 Å². The molecule has 0 amide bonds. The van der Waals surface area contributed by atoms with Crippen molar-refractivity contribution < 1.29 is 8.98 Å². The minimum atomic E-state index is 0.513. The first-order chi connectivity index (χ1) is 20.3. The second kappa shape index (κ2) is 12.4. The predicted molar refractivity (Wildman–Crippen MR) is 175 cm³/mol. The van der Waals surface area contributed by atoms with Crippen molar-refractivity contribution in [1.82, 2.24) is 4.98 Å². The van der Waals surface area contributed by atoms with E-state index in [1.807, 2.05) is 29.9 Å². The Morgan fingerprint density at radius 1 is 0.929 bits per heavy atom. The van der Waals surface area contributed by atoms with Crippen molar-refractivity contribution in [2.75, 3.05) is 11.4 Å². The summed E-state index contributed by atoms with van der Waals surface area (Å²) in [6, 6.07) is 12.7. The van der Waals surface area contributed by atoms with Crippen molar-refractivity contribution in [1.29, 1.82) is 0 Å². The first kappa shape index (κ1) is 29.2. The summed E-state index contributed by atoms with van der Waals surface area (Å²) in [5, 5.41) is 0. The fourth-order valence-corrected chi connectivity index (χ4v) is 7.89. The summed E-state index contributed by atoms with van der Waals surface area (Å²) in [7, 11) is 2.00. The van der Waals surface area contributed by atoms with E-state index >= 15 is 0 Å². The van der Waals surface area contributed by atoms with E-state index in [4.69, 9.17) is 9.40 Å². The number of oxazole rings is 1. The highest BCUT2D eigenvalue weighted by atomic mass is 16.3. The van der Waals surface area contributed by atoms with Crippen molar-refractivity contribution in [3.05, 3.63) is 66.3 Å². The molecule has 0 atom stereocenters. The van der Waals surface area contributed by atoms with Crippen LogP contribution in [0.5, 0.6) is 0 Å². The van der Waals surface area contributed by atoms with Crippen LogP contribution in [0.3, 0.4) is 0 Å². The Balaban J connectivity index is 0.986. The summed E-state index contributed by atoms with van der Waals surface area (Å²) in [6.45, 7) is 8.55. The Labute approximate surface area is 253 Å². The lowest BCUT2D eigenvalue weighted by Gasteiger charge is -2.38. The molecule has 42 heavy (non-hydrogen) atoms. The average Bonchev–Trinajstić information content (AvgIpc) is 3.40. The smallest absolute Gasteiger partial charge is 0.370 e. The molecule has 0 saturated heterocycles. The number of fused-ring (bicyclic) bond motifs is 2. The number of benzene rings is 1. The lowest BCUT2D eigenvalue weighted by molar-refractivity contribution is -0.646. The monoisotopic (exact) mass is 566 g/mol. The van der Waals surface area contributed by atoms with E-state index in [0.29, 0.717) is 16.7 Å². The average molecular weight is 567 g/mol. The topological polar surface area (TPSA) is 33.1 Å². The fraction of sp³-hybridized carbons (Fsp3) is 0.579. The third-order valence-electron chi connectivity index (χ3n) is 11.0. The van der Waals surface area contributed by atoms with Gasteiger partial charge in [0.2, 0.25) is 5.58 Å². The largest absolute Gasteiger partial charge is 0.411 e. The fourth-order valence-electron chi connectivity index (χ4n) is 7.89. The first-order valence-corrected chi connectivity index (χ1v) is 16.8. The minimum absolute atomic E-state index is 0.513. The molecule has 0 bridgehead atoms. The normalized spacial score (nSPS) is 25.3. The van der Waals surface area contributed by atoms with Crippen molar-refractivity contribution in [2.24, 2.45) is 29.7 Å². The number of para-hydroxylation sites is 1. The van der Waals surface area contributed by atoms with Crippen LogP contribution in [0.1, 0.15) is 116 Å². The Kier molecular flexibility index (Phi) is 8.61. The van der Waals surface area contributed by atoms with Crippen molar-refractivity contribution in [2.45, 2.75) is 104 Å². The van der Waals surface area contributed by atoms with Crippen LogP contribution in [0.4, 0.5) is 5.69 Å². The van der Waals surface area contributed by atoms with Gasteiger partial charge in [0.05, 0.1) is 13.2 Å². The molecule has 3 aromatic rings. The quantitative estimate of drug-likeness (QED) is 0.242. The van der Waals surface area contributed by atoms with Crippen molar-refractivity contribution >= 4 is 28.6 Å². The molecule has 4 heteroatoms. The number of allylic oxidation sites excluding steroid dienone is 2. The Bertz CT molecular complexity index is 1410. The van der Waals surface area contributed by atoms with Gasteiger partial charge < -0.3 is 9.32 Å². The Morgan fingerprint density at radius 2 is 1.64 bits per heavy atom. The summed E-state index contributed by atoms with van der Waals surface area (Å²) < 4.78 is 8.04. The number of pyridine rings is 1. The zero-order valence-electron chi connectivity index (χ0n) is 26.6. The third-order valence-corrected chi connectivity index (χ3v) is 11.0. The summed E-state index contributed by atoms with van der Waals surface area (Å²) in [5.74, 6) is 2.64. The number of hydrogen-bond donors (Lipinski definition) is 0. The van der Waals surface area contributed by atoms with Gasteiger partial charge in [0, 0.05) is 35.1 Å². The maximum atomic E-state index is 6.04. The van der Waals surface area contributed by atoms with Gasteiger partial charge in [-0.25, -0.2) is 4.57 Å². The molecule has 0 spiro atoms. The number of anilines is 1. The number of aryl methyl sites for hydroxylation is 1. The Morgan fingerprint density at radius 3 is 2.38 bits per heavy atom. The van der Waals surface area contributed by atoms with Crippen LogP contribution in [0.15, 0.2) is 59.3 Å². The molecule has 3 heterocycles. The van der Waals surface area contributed by atoms with Gasteiger partial charge in [-0.15, -0.1) is 0 Å². The van der Waals surface area contributed by atoms with Gasteiger partial charge in [0.15, 0.2) is 0 Å². The van der Waals surface area contributed by atoms with E-state index in [1.54, 1.807) is 0 Å². The van der Waals surface area contributed by atoms with Crippen LogP contribution in [-0.2, 0) is 7.05 Å². The second-order valence-corrected chi connectivity index (χ2v) is 14.9. The number of hydrogen-bond acceptors (Lipinski definition) is 3. The molecule has 2 aliphatic carbocycles. The maximum Gasteiger partial charge on any atom is 0.370 e. The van der Waals surface area contributed by atoms with Gasteiger partial charge in [-0.05, 0) is 117 Å². The summed E-state index contributed by atoms with van der Waals surface area (Å²) in [6.07, 6.45) is 27.1. The van der Waals surface area contributed by atoms with Crippen LogP contribution in [0, 0.1) is 22.7 Å². The molecule has 2 saturated carbocycles. The van der Waals surface area contributed by atoms with E-state index in [2.05, 4.69) is 68.3 Å². The molecule has 4 nitrogen and oxygen atoms in total. The lowest BCUT2D eigenvalue weighted by atomic mass is 9.68. The van der Waals surface area contributed by atoms with E-state index in [1.165, 1.54) is 94.7 Å². The number of aromatic nitrogens is 2. The molecule has 1 aliphatic heterocycles. The Hall–Kier alpha value is -2.88. The highest BCUT2D eigenvalue weighted by molar-refractivity contribution is 5.94. The molecule has 1 aromatic carbocycles. The van der Waals surface area contributed by atoms with Crippen LogP contribution in [0.25, 0.3) is 22.9 Å². The summed E-state index contributed by atoms with van der Waals surface area (Å²) in [4.78, 5) is 7.17. The minimum Gasteiger partial charge on any atom is -0.411 e. The van der Waals surface area contributed by atoms with Gasteiger partial charge >= 0.3 is 11.5 Å². The van der Waals surface area contributed by atoms with Crippen LogP contribution in [-0.4, -0.2) is 11.5 Å².